The molecule has 0 amide bonds. The first-order valence-corrected chi connectivity index (χ1v) is 4.05. The molecule has 1 saturated carbocycles. The fourth-order valence-electron chi connectivity index (χ4n) is 1.81. The highest BCUT2D eigenvalue weighted by molar-refractivity contribution is 5.12. The highest BCUT2D eigenvalue weighted by Crippen LogP contribution is 2.42. The normalized spacial score (nSPS) is 58.0. The Morgan fingerprint density at radius 2 is 1.92 bits per heavy atom. The minimum Gasteiger partial charge on any atom is -0.394 e. The summed E-state index contributed by atoms with van der Waals surface area (Å²) in [6, 6.07) is -0.189. The third-order valence-corrected chi connectivity index (χ3v) is 2.70. The van der Waals surface area contributed by atoms with Gasteiger partial charge in [0.25, 0.3) is 0 Å². The lowest BCUT2D eigenvalue weighted by atomic mass is 10.0. The van der Waals surface area contributed by atoms with E-state index in [2.05, 4.69) is 0 Å². The molecule has 70 valence electrons. The maximum atomic E-state index is 9.44. The molecule has 1 aliphatic carbocycles. The molecule has 5 N–H and O–H groups in total. The lowest BCUT2D eigenvalue weighted by molar-refractivity contribution is -0.152. The van der Waals surface area contributed by atoms with Crippen molar-refractivity contribution in [2.24, 2.45) is 11.7 Å². The van der Waals surface area contributed by atoms with Gasteiger partial charge in [0.05, 0.1) is 18.8 Å². The Bertz CT molecular complexity index is 183. The van der Waals surface area contributed by atoms with Gasteiger partial charge in [-0.05, 0) is 0 Å². The van der Waals surface area contributed by atoms with Crippen molar-refractivity contribution in [3.63, 3.8) is 0 Å². The predicted molar refractivity (Wildman–Crippen MR) is 39.2 cm³/mol. The molecule has 1 saturated heterocycles. The largest absolute Gasteiger partial charge is 0.394 e. The number of hydrogen-bond acceptors (Lipinski definition) is 5. The summed E-state index contributed by atoms with van der Waals surface area (Å²) in [6.07, 6.45) is -2.73. The fourth-order valence-corrected chi connectivity index (χ4v) is 1.81. The third kappa shape index (κ3) is 0.982. The van der Waals surface area contributed by atoms with Gasteiger partial charge in [0, 0.05) is 12.0 Å². The van der Waals surface area contributed by atoms with E-state index in [0.717, 1.165) is 0 Å². The number of rotatable bonds is 1. The number of aliphatic hydroxyl groups is 3. The van der Waals surface area contributed by atoms with E-state index in [9.17, 15) is 10.2 Å². The molecular weight excluding hydrogens is 162 g/mol. The maximum Gasteiger partial charge on any atom is 0.109 e. The highest BCUT2D eigenvalue weighted by Gasteiger charge is 2.60. The van der Waals surface area contributed by atoms with Crippen LogP contribution in [0.2, 0.25) is 0 Å². The minimum absolute atomic E-state index is 0.150. The van der Waals surface area contributed by atoms with Gasteiger partial charge in [0.2, 0.25) is 0 Å². The molecule has 6 atom stereocenters. The van der Waals surface area contributed by atoms with Crippen molar-refractivity contribution in [2.45, 2.75) is 30.5 Å². The van der Waals surface area contributed by atoms with E-state index in [0.29, 0.717) is 0 Å². The van der Waals surface area contributed by atoms with Crippen LogP contribution < -0.4 is 5.73 Å². The van der Waals surface area contributed by atoms with E-state index in [1.165, 1.54) is 0 Å². The van der Waals surface area contributed by atoms with E-state index in [1.807, 2.05) is 0 Å². The van der Waals surface area contributed by atoms with Crippen molar-refractivity contribution in [1.29, 1.82) is 0 Å². The Labute approximate surface area is 69.8 Å². The molecule has 0 aromatic rings. The lowest BCUT2D eigenvalue weighted by Crippen LogP contribution is -2.47. The van der Waals surface area contributed by atoms with Crippen molar-refractivity contribution in [3.8, 4) is 0 Å². The summed E-state index contributed by atoms with van der Waals surface area (Å²) < 4.78 is 5.22. The monoisotopic (exact) mass is 175 g/mol. The summed E-state index contributed by atoms with van der Waals surface area (Å²) in [7, 11) is 0. The quantitative estimate of drug-likeness (QED) is 0.351. The summed E-state index contributed by atoms with van der Waals surface area (Å²) >= 11 is 0. The molecule has 2 aliphatic rings. The Balaban J connectivity index is 2.06. The van der Waals surface area contributed by atoms with Gasteiger partial charge in [-0.25, -0.2) is 0 Å². The third-order valence-electron chi connectivity index (χ3n) is 2.70. The van der Waals surface area contributed by atoms with Gasteiger partial charge in [-0.2, -0.15) is 0 Å². The molecule has 0 spiro atoms. The van der Waals surface area contributed by atoms with Crippen molar-refractivity contribution in [3.05, 3.63) is 0 Å². The van der Waals surface area contributed by atoms with Crippen LogP contribution in [-0.4, -0.2) is 52.4 Å². The predicted octanol–water partition coefficient (Wildman–Crippen LogP) is -2.57. The molecule has 1 heterocycles. The first-order chi connectivity index (χ1) is 5.66. The zero-order valence-electron chi connectivity index (χ0n) is 6.50. The smallest absolute Gasteiger partial charge is 0.109 e. The molecule has 0 bridgehead atoms. The topological polar surface area (TPSA) is 95.9 Å². The summed E-state index contributed by atoms with van der Waals surface area (Å²) in [4.78, 5) is 0. The molecule has 2 rings (SSSR count). The molecule has 12 heavy (non-hydrogen) atoms. The summed E-state index contributed by atoms with van der Waals surface area (Å²) in [5, 5.41) is 27.6. The molecule has 0 radical (unpaired) electrons. The van der Waals surface area contributed by atoms with E-state index < -0.39 is 18.3 Å². The first kappa shape index (κ1) is 8.40. The number of fused-ring (bicyclic) bond motifs is 1. The Morgan fingerprint density at radius 1 is 1.25 bits per heavy atom. The fraction of sp³-hybridized carbons (Fsp3) is 1.00. The van der Waals surface area contributed by atoms with Crippen LogP contribution in [0, 0.1) is 5.92 Å². The van der Waals surface area contributed by atoms with Crippen molar-refractivity contribution in [2.75, 3.05) is 6.61 Å². The standard InChI is InChI=1S/C7H13NO4/c8-4-3-6(11)5(10)2(1-9)12-7(3)4/h2-7,9-11H,1,8H2. The van der Waals surface area contributed by atoms with Gasteiger partial charge >= 0.3 is 0 Å². The molecule has 2 fully saturated rings. The number of nitrogens with two attached hydrogens (primary N) is 1. The second kappa shape index (κ2) is 2.65. The minimum atomic E-state index is -1.01. The number of hydrogen-bond donors (Lipinski definition) is 4. The van der Waals surface area contributed by atoms with E-state index in [1.54, 1.807) is 0 Å². The van der Waals surface area contributed by atoms with Crippen molar-refractivity contribution in [1.82, 2.24) is 0 Å². The van der Waals surface area contributed by atoms with Gasteiger partial charge < -0.3 is 25.8 Å². The SMILES string of the molecule is NC1C2OC(CO)C(O)C(O)C12. The number of aliphatic hydroxyl groups excluding tert-OH is 3. The Kier molecular flexibility index (Phi) is 1.85. The summed E-state index contributed by atoms with van der Waals surface area (Å²) in [5.41, 5.74) is 5.56. The van der Waals surface area contributed by atoms with Gasteiger partial charge in [-0.15, -0.1) is 0 Å². The highest BCUT2D eigenvalue weighted by atomic mass is 16.5. The summed E-state index contributed by atoms with van der Waals surface area (Å²) in [5.74, 6) is -0.150. The molecule has 0 aromatic carbocycles. The molecule has 0 aromatic heterocycles. The molecule has 5 heteroatoms. The maximum absolute atomic E-state index is 9.44. The Morgan fingerprint density at radius 3 is 2.50 bits per heavy atom. The average Bonchev–Trinajstić information content (AvgIpc) is 2.69. The van der Waals surface area contributed by atoms with Crippen LogP contribution in [0.15, 0.2) is 0 Å². The van der Waals surface area contributed by atoms with Crippen LogP contribution in [-0.2, 0) is 4.74 Å². The lowest BCUT2D eigenvalue weighted by Gasteiger charge is -2.29. The average molecular weight is 175 g/mol. The van der Waals surface area contributed by atoms with E-state index >= 15 is 0 Å². The van der Waals surface area contributed by atoms with Crippen LogP contribution in [0.1, 0.15) is 0 Å². The zero-order valence-corrected chi connectivity index (χ0v) is 6.50. The summed E-state index contributed by atoms with van der Waals surface area (Å²) in [6.45, 7) is -0.284. The molecule has 1 aliphatic heterocycles. The first-order valence-electron chi connectivity index (χ1n) is 4.05. The molecule has 5 nitrogen and oxygen atoms in total. The van der Waals surface area contributed by atoms with Crippen LogP contribution >= 0.6 is 0 Å². The zero-order chi connectivity index (χ0) is 8.88. The van der Waals surface area contributed by atoms with Crippen LogP contribution in [0.3, 0.4) is 0 Å². The van der Waals surface area contributed by atoms with Crippen LogP contribution in [0.4, 0.5) is 0 Å². The van der Waals surface area contributed by atoms with Gasteiger partial charge in [-0.3, -0.25) is 0 Å². The van der Waals surface area contributed by atoms with Crippen LogP contribution in [0.5, 0.6) is 0 Å². The molecule has 6 unspecified atom stereocenters. The second-order valence-corrected chi connectivity index (χ2v) is 3.46. The van der Waals surface area contributed by atoms with Gasteiger partial charge in [-0.1, -0.05) is 0 Å². The second-order valence-electron chi connectivity index (χ2n) is 3.46. The molecular formula is C7H13NO4. The van der Waals surface area contributed by atoms with Gasteiger partial charge in [0.1, 0.15) is 12.2 Å². The van der Waals surface area contributed by atoms with Crippen molar-refractivity contribution < 1.29 is 20.1 Å². The van der Waals surface area contributed by atoms with Gasteiger partial charge in [0.15, 0.2) is 0 Å². The van der Waals surface area contributed by atoms with Crippen molar-refractivity contribution >= 4 is 0 Å². The van der Waals surface area contributed by atoms with Crippen LogP contribution in [0.25, 0.3) is 0 Å². The van der Waals surface area contributed by atoms with E-state index in [-0.39, 0.29) is 24.7 Å². The number of ether oxygens (including phenoxy) is 1. The van der Waals surface area contributed by atoms with E-state index in [4.69, 9.17) is 15.6 Å². The Hall–Kier alpha value is -0.200.